The zero-order valence-corrected chi connectivity index (χ0v) is 10.9. The molecule has 0 fully saturated rings. The lowest BCUT2D eigenvalue weighted by molar-refractivity contribution is -0.0368. The van der Waals surface area contributed by atoms with E-state index in [9.17, 15) is 5.11 Å². The molecule has 102 valence electrons. The van der Waals surface area contributed by atoms with Gasteiger partial charge in [-0.25, -0.2) is 0 Å². The predicted molar refractivity (Wildman–Crippen MR) is 67.7 cm³/mol. The van der Waals surface area contributed by atoms with E-state index in [2.05, 4.69) is 6.58 Å². The third kappa shape index (κ3) is 7.49. The fourth-order valence-electron chi connectivity index (χ4n) is 1.47. The van der Waals surface area contributed by atoms with E-state index < -0.39 is 6.10 Å². The van der Waals surface area contributed by atoms with Gasteiger partial charge in [-0.15, -0.1) is 6.58 Å². The Labute approximate surface area is 104 Å². The van der Waals surface area contributed by atoms with E-state index in [0.29, 0.717) is 0 Å². The smallest absolute Gasteiger partial charge is 0.0836 e. The highest BCUT2D eigenvalue weighted by atomic mass is 16.5. The van der Waals surface area contributed by atoms with Crippen LogP contribution in [-0.2, 0) is 4.74 Å². The minimum atomic E-state index is -0.604. The van der Waals surface area contributed by atoms with Crippen LogP contribution in [0.25, 0.3) is 0 Å². The topological polar surface area (TPSA) is 69.9 Å². The lowest BCUT2D eigenvalue weighted by Gasteiger charge is -2.22. The van der Waals surface area contributed by atoms with Crippen molar-refractivity contribution in [3.05, 3.63) is 12.7 Å². The zero-order valence-electron chi connectivity index (χ0n) is 10.9. The van der Waals surface area contributed by atoms with E-state index in [1.807, 2.05) is 6.92 Å². The summed E-state index contributed by atoms with van der Waals surface area (Å²) in [6.45, 7) is 7.74. The second-order valence-electron chi connectivity index (χ2n) is 4.66. The van der Waals surface area contributed by atoms with Crippen molar-refractivity contribution in [1.29, 1.82) is 0 Å². The SMILES string of the molecule is C=CC(CCC(C)CO)C(O)COC(C)CO. The van der Waals surface area contributed by atoms with E-state index in [-0.39, 0.29) is 37.8 Å². The van der Waals surface area contributed by atoms with Crippen LogP contribution in [0.15, 0.2) is 12.7 Å². The van der Waals surface area contributed by atoms with Crippen LogP contribution < -0.4 is 0 Å². The van der Waals surface area contributed by atoms with Crippen LogP contribution in [0, 0.1) is 11.8 Å². The van der Waals surface area contributed by atoms with E-state index in [4.69, 9.17) is 14.9 Å². The summed E-state index contributed by atoms with van der Waals surface area (Å²) in [5.41, 5.74) is 0. The second-order valence-corrected chi connectivity index (χ2v) is 4.66. The monoisotopic (exact) mass is 246 g/mol. The quantitative estimate of drug-likeness (QED) is 0.502. The Kier molecular flexibility index (Phi) is 9.36. The first-order valence-corrected chi connectivity index (χ1v) is 6.19. The molecule has 0 amide bonds. The van der Waals surface area contributed by atoms with Gasteiger partial charge in [-0.2, -0.15) is 0 Å². The third-order valence-corrected chi connectivity index (χ3v) is 2.91. The molecule has 4 heteroatoms. The minimum absolute atomic E-state index is 0.0325. The van der Waals surface area contributed by atoms with Crippen LogP contribution in [0.2, 0.25) is 0 Å². The molecule has 0 aromatic rings. The molecular formula is C13H26O4. The van der Waals surface area contributed by atoms with Gasteiger partial charge in [0, 0.05) is 12.5 Å². The van der Waals surface area contributed by atoms with Crippen LogP contribution in [-0.4, -0.2) is 47.3 Å². The highest BCUT2D eigenvalue weighted by molar-refractivity contribution is 4.85. The summed E-state index contributed by atoms with van der Waals surface area (Å²) in [6.07, 6.45) is 2.49. The van der Waals surface area contributed by atoms with Crippen molar-refractivity contribution in [2.45, 2.75) is 38.9 Å². The first-order chi connectivity index (χ1) is 8.04. The van der Waals surface area contributed by atoms with E-state index in [1.54, 1.807) is 13.0 Å². The maximum Gasteiger partial charge on any atom is 0.0836 e. The molecule has 0 spiro atoms. The average Bonchev–Trinajstić information content (AvgIpc) is 2.35. The maximum absolute atomic E-state index is 9.90. The number of rotatable bonds is 10. The summed E-state index contributed by atoms with van der Waals surface area (Å²) in [5.74, 6) is 0.205. The number of hydrogen-bond donors (Lipinski definition) is 3. The Morgan fingerprint density at radius 2 is 1.82 bits per heavy atom. The molecule has 0 heterocycles. The van der Waals surface area contributed by atoms with Crippen molar-refractivity contribution >= 4 is 0 Å². The van der Waals surface area contributed by atoms with Gasteiger partial charge in [0.2, 0.25) is 0 Å². The van der Waals surface area contributed by atoms with Crippen molar-refractivity contribution in [2.24, 2.45) is 11.8 Å². The lowest BCUT2D eigenvalue weighted by Crippen LogP contribution is -2.28. The van der Waals surface area contributed by atoms with Crippen LogP contribution >= 0.6 is 0 Å². The standard InChI is InChI=1S/C13H26O4/c1-4-12(6-5-10(2)7-14)13(16)9-17-11(3)8-15/h4,10-16H,1,5-9H2,2-3H3. The van der Waals surface area contributed by atoms with Gasteiger partial charge in [0.1, 0.15) is 0 Å². The molecule has 0 aromatic carbocycles. The first kappa shape index (κ1) is 16.6. The van der Waals surface area contributed by atoms with Crippen LogP contribution in [0.4, 0.5) is 0 Å². The molecule has 0 saturated carbocycles. The Balaban J connectivity index is 3.94. The molecule has 3 N–H and O–H groups in total. The molecule has 0 bridgehead atoms. The molecule has 0 rings (SSSR count). The van der Waals surface area contributed by atoms with Gasteiger partial charge in [-0.1, -0.05) is 13.0 Å². The molecule has 4 nitrogen and oxygen atoms in total. The summed E-state index contributed by atoms with van der Waals surface area (Å²) in [4.78, 5) is 0. The van der Waals surface area contributed by atoms with Gasteiger partial charge in [-0.05, 0) is 25.7 Å². The van der Waals surface area contributed by atoms with E-state index in [1.165, 1.54) is 0 Å². The normalized spacial score (nSPS) is 18.4. The summed E-state index contributed by atoms with van der Waals surface area (Å²) in [6, 6.07) is 0. The summed E-state index contributed by atoms with van der Waals surface area (Å²) in [5, 5.41) is 27.6. The van der Waals surface area contributed by atoms with Crippen molar-refractivity contribution in [3.63, 3.8) is 0 Å². The average molecular weight is 246 g/mol. The van der Waals surface area contributed by atoms with Gasteiger partial charge < -0.3 is 20.1 Å². The number of ether oxygens (including phenoxy) is 1. The summed E-state index contributed by atoms with van der Waals surface area (Å²) in [7, 11) is 0. The molecule has 0 aliphatic heterocycles. The molecule has 0 aromatic heterocycles. The van der Waals surface area contributed by atoms with Gasteiger partial charge in [-0.3, -0.25) is 0 Å². The van der Waals surface area contributed by atoms with Crippen molar-refractivity contribution in [3.8, 4) is 0 Å². The Hall–Kier alpha value is -0.420. The molecule has 0 saturated heterocycles. The molecule has 4 unspecified atom stereocenters. The third-order valence-electron chi connectivity index (χ3n) is 2.91. The van der Waals surface area contributed by atoms with Crippen molar-refractivity contribution in [2.75, 3.05) is 19.8 Å². The Morgan fingerprint density at radius 3 is 2.29 bits per heavy atom. The van der Waals surface area contributed by atoms with Gasteiger partial charge >= 0.3 is 0 Å². The maximum atomic E-state index is 9.90. The number of aliphatic hydroxyl groups is 3. The molecular weight excluding hydrogens is 220 g/mol. The Bertz CT molecular complexity index is 196. The van der Waals surface area contributed by atoms with Gasteiger partial charge in [0.05, 0.1) is 25.4 Å². The van der Waals surface area contributed by atoms with Crippen LogP contribution in [0.3, 0.4) is 0 Å². The highest BCUT2D eigenvalue weighted by Crippen LogP contribution is 2.17. The lowest BCUT2D eigenvalue weighted by atomic mass is 9.93. The summed E-state index contributed by atoms with van der Waals surface area (Å²) < 4.78 is 5.27. The number of aliphatic hydroxyl groups excluding tert-OH is 3. The zero-order chi connectivity index (χ0) is 13.3. The van der Waals surface area contributed by atoms with E-state index in [0.717, 1.165) is 12.8 Å². The molecule has 0 aliphatic carbocycles. The molecule has 4 atom stereocenters. The van der Waals surface area contributed by atoms with Gasteiger partial charge in [0.15, 0.2) is 0 Å². The van der Waals surface area contributed by atoms with Crippen LogP contribution in [0.1, 0.15) is 26.7 Å². The number of hydrogen-bond acceptors (Lipinski definition) is 4. The molecule has 0 radical (unpaired) electrons. The fraction of sp³-hybridized carbons (Fsp3) is 0.846. The highest BCUT2D eigenvalue weighted by Gasteiger charge is 2.18. The van der Waals surface area contributed by atoms with Crippen molar-refractivity contribution in [1.82, 2.24) is 0 Å². The van der Waals surface area contributed by atoms with Gasteiger partial charge in [0.25, 0.3) is 0 Å². The fourth-order valence-corrected chi connectivity index (χ4v) is 1.47. The van der Waals surface area contributed by atoms with Crippen LogP contribution in [0.5, 0.6) is 0 Å². The second kappa shape index (κ2) is 9.59. The first-order valence-electron chi connectivity index (χ1n) is 6.19. The molecule has 0 aliphatic rings. The largest absolute Gasteiger partial charge is 0.396 e. The Morgan fingerprint density at radius 1 is 1.18 bits per heavy atom. The predicted octanol–water partition coefficient (Wildman–Crippen LogP) is 0.955. The minimum Gasteiger partial charge on any atom is -0.396 e. The molecule has 17 heavy (non-hydrogen) atoms. The summed E-state index contributed by atoms with van der Waals surface area (Å²) >= 11 is 0. The van der Waals surface area contributed by atoms with E-state index >= 15 is 0 Å². The van der Waals surface area contributed by atoms with Crippen molar-refractivity contribution < 1.29 is 20.1 Å².